The van der Waals surface area contributed by atoms with Crippen LogP contribution in [0.1, 0.15) is 12.8 Å². The summed E-state index contributed by atoms with van der Waals surface area (Å²) in [4.78, 5) is 17.1. The topological polar surface area (TPSA) is 81.2 Å². The van der Waals surface area contributed by atoms with Crippen molar-refractivity contribution in [3.63, 3.8) is 0 Å². The van der Waals surface area contributed by atoms with Gasteiger partial charge in [-0.3, -0.25) is 9.79 Å². The number of hydrogen-bond donors (Lipinski definition) is 2. The van der Waals surface area contributed by atoms with Gasteiger partial charge in [-0.05, 0) is 24.3 Å². The van der Waals surface area contributed by atoms with E-state index in [0.29, 0.717) is 38.0 Å². The van der Waals surface area contributed by atoms with Gasteiger partial charge in [0.25, 0.3) is 0 Å². The summed E-state index contributed by atoms with van der Waals surface area (Å²) in [5.41, 5.74) is 0.833. The second-order valence-corrected chi connectivity index (χ2v) is 7.65. The van der Waals surface area contributed by atoms with E-state index in [2.05, 4.69) is 32.5 Å². The third kappa shape index (κ3) is 8.86. The van der Waals surface area contributed by atoms with Gasteiger partial charge in [0.05, 0.1) is 33.3 Å². The van der Waals surface area contributed by atoms with Crippen molar-refractivity contribution < 1.29 is 19.0 Å². The lowest BCUT2D eigenvalue weighted by molar-refractivity contribution is -0.140. The van der Waals surface area contributed by atoms with E-state index in [4.69, 9.17) is 9.47 Å². The summed E-state index contributed by atoms with van der Waals surface area (Å²) >= 11 is 1.77. The van der Waals surface area contributed by atoms with E-state index in [1.54, 1.807) is 11.8 Å². The van der Waals surface area contributed by atoms with Crippen molar-refractivity contribution in [2.75, 3.05) is 44.5 Å². The lowest BCUT2D eigenvalue weighted by Gasteiger charge is -2.14. The second-order valence-electron chi connectivity index (χ2n) is 6.48. The van der Waals surface area contributed by atoms with Crippen LogP contribution in [-0.2, 0) is 9.53 Å². The summed E-state index contributed by atoms with van der Waals surface area (Å²) in [6.07, 6.45) is 1.08. The standard InChI is InChI=1S/C22H27N3O4S.HI/c1-27-21(26)10-11-23-22(24-12-15-30-18-6-3-2-4-7-18)25-17-8-9-19-20(16-17)29-14-5-13-28-19;/h2-4,6-9,16H,5,10-15H2,1H3,(H2,23,24,25);1H. The van der Waals surface area contributed by atoms with Gasteiger partial charge < -0.3 is 24.8 Å². The van der Waals surface area contributed by atoms with Crippen LogP contribution >= 0.6 is 35.7 Å². The van der Waals surface area contributed by atoms with Crippen LogP contribution in [0.4, 0.5) is 5.69 Å². The Morgan fingerprint density at radius 3 is 2.68 bits per heavy atom. The number of methoxy groups -OCH3 is 1. The molecule has 1 aliphatic rings. The number of carbonyl (C=O) groups excluding carboxylic acids is 1. The molecule has 0 fully saturated rings. The highest BCUT2D eigenvalue weighted by atomic mass is 127. The smallest absolute Gasteiger partial charge is 0.307 e. The maximum Gasteiger partial charge on any atom is 0.307 e. The molecular formula is C22H28IN3O4S. The zero-order valence-electron chi connectivity index (χ0n) is 17.5. The van der Waals surface area contributed by atoms with Gasteiger partial charge in [-0.2, -0.15) is 0 Å². The average molecular weight is 557 g/mol. The molecule has 3 rings (SSSR count). The number of aliphatic imine (C=N–C) groups is 1. The van der Waals surface area contributed by atoms with Crippen LogP contribution in [0.5, 0.6) is 11.5 Å². The number of benzene rings is 2. The van der Waals surface area contributed by atoms with Crippen LogP contribution in [-0.4, -0.2) is 51.1 Å². The Labute approximate surface area is 204 Å². The molecule has 0 amide bonds. The summed E-state index contributed by atoms with van der Waals surface area (Å²) < 4.78 is 16.1. The molecule has 7 nitrogen and oxygen atoms in total. The monoisotopic (exact) mass is 557 g/mol. The first kappa shape index (κ1) is 25.1. The molecule has 0 spiro atoms. The molecule has 2 aromatic rings. The Morgan fingerprint density at radius 1 is 1.13 bits per heavy atom. The number of nitrogens with one attached hydrogen (secondary N) is 2. The summed E-state index contributed by atoms with van der Waals surface area (Å²) in [6, 6.07) is 16.0. The number of carbonyl (C=O) groups is 1. The Balaban J connectivity index is 0.00000341. The molecule has 0 radical (unpaired) electrons. The van der Waals surface area contributed by atoms with E-state index >= 15 is 0 Å². The minimum atomic E-state index is -0.284. The highest BCUT2D eigenvalue weighted by Gasteiger charge is 2.11. The van der Waals surface area contributed by atoms with Crippen molar-refractivity contribution >= 4 is 53.4 Å². The lowest BCUT2D eigenvalue weighted by Crippen LogP contribution is -2.33. The molecular weight excluding hydrogens is 529 g/mol. The van der Waals surface area contributed by atoms with Crippen LogP contribution in [0, 0.1) is 0 Å². The van der Waals surface area contributed by atoms with E-state index in [-0.39, 0.29) is 36.4 Å². The number of fused-ring (bicyclic) bond motifs is 1. The maximum atomic E-state index is 11.4. The Hall–Kier alpha value is -2.14. The summed E-state index contributed by atoms with van der Waals surface area (Å²) in [7, 11) is 1.38. The first-order chi connectivity index (χ1) is 14.7. The SMILES string of the molecule is COC(=O)CCN=C(NCCSc1ccccc1)Nc1ccc2c(c1)OCCCO2.I. The number of halogens is 1. The number of thioether (sulfide) groups is 1. The van der Waals surface area contributed by atoms with E-state index in [1.165, 1.54) is 12.0 Å². The molecule has 9 heteroatoms. The number of ether oxygens (including phenoxy) is 3. The highest BCUT2D eigenvalue weighted by Crippen LogP contribution is 2.32. The molecule has 2 N–H and O–H groups in total. The minimum absolute atomic E-state index is 0. The number of nitrogens with zero attached hydrogens (tertiary/aromatic N) is 1. The van der Waals surface area contributed by atoms with Crippen molar-refractivity contribution in [1.29, 1.82) is 0 Å². The molecule has 1 heterocycles. The van der Waals surface area contributed by atoms with Gasteiger partial charge in [0.2, 0.25) is 0 Å². The van der Waals surface area contributed by atoms with Crippen LogP contribution in [0.2, 0.25) is 0 Å². The van der Waals surface area contributed by atoms with Gasteiger partial charge in [-0.15, -0.1) is 35.7 Å². The van der Waals surface area contributed by atoms with E-state index in [0.717, 1.165) is 23.6 Å². The third-order valence-corrected chi connectivity index (χ3v) is 5.24. The van der Waals surface area contributed by atoms with E-state index < -0.39 is 0 Å². The fraction of sp³-hybridized carbons (Fsp3) is 0.364. The Morgan fingerprint density at radius 2 is 1.90 bits per heavy atom. The quantitative estimate of drug-likeness (QED) is 0.126. The maximum absolute atomic E-state index is 11.4. The average Bonchev–Trinajstić information content (AvgIpc) is 3.02. The molecule has 0 unspecified atom stereocenters. The summed E-state index contributed by atoms with van der Waals surface area (Å²) in [5, 5.41) is 6.60. The molecule has 0 atom stereocenters. The Kier molecular flexibility index (Phi) is 11.4. The molecule has 0 saturated heterocycles. The van der Waals surface area contributed by atoms with Crippen molar-refractivity contribution in [1.82, 2.24) is 5.32 Å². The van der Waals surface area contributed by atoms with Crippen LogP contribution in [0.3, 0.4) is 0 Å². The molecule has 168 valence electrons. The number of anilines is 1. The lowest BCUT2D eigenvalue weighted by atomic mass is 10.3. The second kappa shape index (κ2) is 14.0. The molecule has 0 saturated carbocycles. The van der Waals surface area contributed by atoms with Crippen molar-refractivity contribution in [2.45, 2.75) is 17.7 Å². The van der Waals surface area contributed by atoms with Crippen LogP contribution < -0.4 is 20.1 Å². The molecule has 0 bridgehead atoms. The third-order valence-electron chi connectivity index (χ3n) is 4.23. The van der Waals surface area contributed by atoms with Crippen LogP contribution in [0.25, 0.3) is 0 Å². The first-order valence-electron chi connectivity index (χ1n) is 9.94. The summed E-state index contributed by atoms with van der Waals surface area (Å²) in [5.74, 6) is 2.65. The molecule has 0 aromatic heterocycles. The van der Waals surface area contributed by atoms with Crippen molar-refractivity contribution in [2.24, 2.45) is 4.99 Å². The predicted octanol–water partition coefficient (Wildman–Crippen LogP) is 4.18. The normalized spacial score (nSPS) is 12.9. The molecule has 2 aromatic carbocycles. The fourth-order valence-electron chi connectivity index (χ4n) is 2.73. The van der Waals surface area contributed by atoms with Gasteiger partial charge in [-0.1, -0.05) is 18.2 Å². The predicted molar refractivity (Wildman–Crippen MR) is 135 cm³/mol. The zero-order chi connectivity index (χ0) is 21.0. The number of hydrogen-bond acceptors (Lipinski definition) is 6. The first-order valence-corrected chi connectivity index (χ1v) is 10.9. The number of guanidine groups is 1. The van der Waals surface area contributed by atoms with E-state index in [1.807, 2.05) is 36.4 Å². The molecule has 1 aliphatic heterocycles. The van der Waals surface area contributed by atoms with Gasteiger partial charge in [0.1, 0.15) is 0 Å². The van der Waals surface area contributed by atoms with Crippen LogP contribution in [0.15, 0.2) is 58.4 Å². The number of esters is 1. The number of rotatable bonds is 8. The van der Waals surface area contributed by atoms with Crippen molar-refractivity contribution in [3.8, 4) is 11.5 Å². The van der Waals surface area contributed by atoms with Gasteiger partial charge in [0.15, 0.2) is 17.5 Å². The minimum Gasteiger partial charge on any atom is -0.490 e. The molecule has 0 aliphatic carbocycles. The molecule has 31 heavy (non-hydrogen) atoms. The van der Waals surface area contributed by atoms with Gasteiger partial charge in [0, 0.05) is 35.4 Å². The fourth-order valence-corrected chi connectivity index (χ4v) is 3.52. The highest BCUT2D eigenvalue weighted by molar-refractivity contribution is 14.0. The van der Waals surface area contributed by atoms with Gasteiger partial charge >= 0.3 is 5.97 Å². The Bertz CT molecular complexity index is 852. The van der Waals surface area contributed by atoms with Gasteiger partial charge in [-0.25, -0.2) is 0 Å². The summed E-state index contributed by atoms with van der Waals surface area (Å²) in [6.45, 7) is 2.33. The van der Waals surface area contributed by atoms with Crippen molar-refractivity contribution in [3.05, 3.63) is 48.5 Å². The zero-order valence-corrected chi connectivity index (χ0v) is 20.6. The van der Waals surface area contributed by atoms with E-state index in [9.17, 15) is 4.79 Å². The largest absolute Gasteiger partial charge is 0.490 e.